The van der Waals surface area contributed by atoms with Gasteiger partial charge in [0.15, 0.2) is 11.6 Å². The van der Waals surface area contributed by atoms with Crippen LogP contribution in [0.2, 0.25) is 0 Å². The first-order chi connectivity index (χ1) is 8.13. The molecule has 0 radical (unpaired) electrons. The zero-order chi connectivity index (χ0) is 12.0. The predicted octanol–water partition coefficient (Wildman–Crippen LogP) is 3.20. The molecule has 1 nitrogen and oxygen atoms in total. The molecule has 2 fully saturated rings. The van der Waals surface area contributed by atoms with E-state index in [1.165, 1.54) is 18.6 Å². The standard InChI is InChI=1S/C14H17F2N/c15-13-2-1-9(7-14(13)16)12-6-10(12)3-8-4-11(17)5-8/h1-2,7-8,10-12H,3-6,17H2/t8-,10-,11-,12+/m0/s1. The lowest BCUT2D eigenvalue weighted by molar-refractivity contribution is 0.238. The van der Waals surface area contributed by atoms with Gasteiger partial charge < -0.3 is 5.73 Å². The molecule has 92 valence electrons. The van der Waals surface area contributed by atoms with E-state index in [1.807, 2.05) is 0 Å². The van der Waals surface area contributed by atoms with E-state index in [-0.39, 0.29) is 0 Å². The third kappa shape index (κ3) is 2.21. The summed E-state index contributed by atoms with van der Waals surface area (Å²) < 4.78 is 25.9. The summed E-state index contributed by atoms with van der Waals surface area (Å²) in [5.41, 5.74) is 6.71. The van der Waals surface area contributed by atoms with Crippen LogP contribution in [0.15, 0.2) is 18.2 Å². The van der Waals surface area contributed by atoms with E-state index in [9.17, 15) is 8.78 Å². The van der Waals surface area contributed by atoms with E-state index >= 15 is 0 Å². The van der Waals surface area contributed by atoms with Gasteiger partial charge in [0.05, 0.1) is 0 Å². The number of rotatable bonds is 3. The Labute approximate surface area is 100 Å². The van der Waals surface area contributed by atoms with Gasteiger partial charge in [-0.2, -0.15) is 0 Å². The van der Waals surface area contributed by atoms with Crippen molar-refractivity contribution in [3.05, 3.63) is 35.4 Å². The van der Waals surface area contributed by atoms with Crippen molar-refractivity contribution < 1.29 is 8.78 Å². The molecule has 0 heterocycles. The molecule has 0 bridgehead atoms. The van der Waals surface area contributed by atoms with Crippen molar-refractivity contribution in [1.29, 1.82) is 0 Å². The quantitative estimate of drug-likeness (QED) is 0.858. The van der Waals surface area contributed by atoms with Gasteiger partial charge >= 0.3 is 0 Å². The highest BCUT2D eigenvalue weighted by Crippen LogP contribution is 2.53. The summed E-state index contributed by atoms with van der Waals surface area (Å²) >= 11 is 0. The van der Waals surface area contributed by atoms with Gasteiger partial charge in [-0.05, 0) is 61.1 Å². The van der Waals surface area contributed by atoms with Crippen LogP contribution >= 0.6 is 0 Å². The number of halogens is 2. The second-order valence-electron chi connectivity index (χ2n) is 5.61. The average Bonchev–Trinajstić information content (AvgIpc) is 2.99. The summed E-state index contributed by atoms with van der Waals surface area (Å²) in [6, 6.07) is 4.71. The van der Waals surface area contributed by atoms with Gasteiger partial charge in [-0.15, -0.1) is 0 Å². The summed E-state index contributed by atoms with van der Waals surface area (Å²) in [7, 11) is 0. The fourth-order valence-electron chi connectivity index (χ4n) is 3.07. The van der Waals surface area contributed by atoms with Crippen LogP contribution in [0.4, 0.5) is 8.78 Å². The maximum Gasteiger partial charge on any atom is 0.159 e. The summed E-state index contributed by atoms with van der Waals surface area (Å²) in [5.74, 6) is 0.402. The second kappa shape index (κ2) is 4.05. The Hall–Kier alpha value is -0.960. The van der Waals surface area contributed by atoms with E-state index < -0.39 is 11.6 Å². The SMILES string of the molecule is N[C@H]1C[C@H](C[C@H]2C[C@@H]2c2ccc(F)c(F)c2)C1. The predicted molar refractivity (Wildman–Crippen MR) is 62.5 cm³/mol. The van der Waals surface area contributed by atoms with Gasteiger partial charge in [0.2, 0.25) is 0 Å². The van der Waals surface area contributed by atoms with Crippen LogP contribution in [-0.4, -0.2) is 6.04 Å². The number of hydrogen-bond donors (Lipinski definition) is 1. The van der Waals surface area contributed by atoms with Crippen LogP contribution in [0.25, 0.3) is 0 Å². The summed E-state index contributed by atoms with van der Waals surface area (Å²) in [4.78, 5) is 0. The molecule has 0 aromatic heterocycles. The Morgan fingerprint density at radius 3 is 2.53 bits per heavy atom. The normalized spacial score (nSPS) is 35.5. The monoisotopic (exact) mass is 237 g/mol. The third-order valence-corrected chi connectivity index (χ3v) is 4.20. The molecule has 3 heteroatoms. The van der Waals surface area contributed by atoms with Gasteiger partial charge in [-0.3, -0.25) is 0 Å². The molecule has 2 atom stereocenters. The van der Waals surface area contributed by atoms with Gasteiger partial charge in [-0.1, -0.05) is 6.07 Å². The maximum atomic E-state index is 13.1. The Morgan fingerprint density at radius 2 is 1.88 bits per heavy atom. The van der Waals surface area contributed by atoms with Crippen molar-refractivity contribution in [3.8, 4) is 0 Å². The van der Waals surface area contributed by atoms with E-state index in [0.29, 0.717) is 17.9 Å². The highest BCUT2D eigenvalue weighted by Gasteiger charge is 2.41. The van der Waals surface area contributed by atoms with E-state index in [4.69, 9.17) is 5.73 Å². The molecule has 2 aliphatic rings. The lowest BCUT2D eigenvalue weighted by atomic mass is 9.77. The lowest BCUT2D eigenvalue weighted by Crippen LogP contribution is -2.36. The molecule has 0 unspecified atom stereocenters. The van der Waals surface area contributed by atoms with Crippen molar-refractivity contribution in [2.75, 3.05) is 0 Å². The van der Waals surface area contributed by atoms with Crippen LogP contribution in [0, 0.1) is 23.5 Å². The van der Waals surface area contributed by atoms with Crippen LogP contribution in [0.1, 0.15) is 37.2 Å². The molecule has 2 saturated carbocycles. The highest BCUT2D eigenvalue weighted by molar-refractivity contribution is 5.27. The molecule has 1 aromatic rings. The molecule has 2 N–H and O–H groups in total. The minimum atomic E-state index is -0.754. The van der Waals surface area contributed by atoms with Gasteiger partial charge in [0.1, 0.15) is 0 Å². The summed E-state index contributed by atoms with van der Waals surface area (Å²) in [5, 5.41) is 0. The fourth-order valence-corrected chi connectivity index (χ4v) is 3.07. The number of hydrogen-bond acceptors (Lipinski definition) is 1. The highest BCUT2D eigenvalue weighted by atomic mass is 19.2. The first-order valence-corrected chi connectivity index (χ1v) is 6.34. The van der Waals surface area contributed by atoms with Crippen LogP contribution < -0.4 is 5.73 Å². The summed E-state index contributed by atoms with van der Waals surface area (Å²) in [6.45, 7) is 0. The maximum absolute atomic E-state index is 13.1. The molecular weight excluding hydrogens is 220 g/mol. The molecule has 0 spiro atoms. The Balaban J connectivity index is 1.58. The molecule has 0 aliphatic heterocycles. The van der Waals surface area contributed by atoms with Crippen molar-refractivity contribution in [1.82, 2.24) is 0 Å². The Morgan fingerprint density at radius 1 is 1.12 bits per heavy atom. The fraction of sp³-hybridized carbons (Fsp3) is 0.571. The average molecular weight is 237 g/mol. The minimum Gasteiger partial charge on any atom is -0.328 e. The van der Waals surface area contributed by atoms with E-state index in [0.717, 1.165) is 30.7 Å². The first-order valence-electron chi connectivity index (χ1n) is 6.34. The van der Waals surface area contributed by atoms with Crippen molar-refractivity contribution in [2.45, 2.75) is 37.6 Å². The van der Waals surface area contributed by atoms with Gasteiger partial charge in [0, 0.05) is 6.04 Å². The second-order valence-corrected chi connectivity index (χ2v) is 5.61. The van der Waals surface area contributed by atoms with E-state index in [1.54, 1.807) is 6.07 Å². The largest absolute Gasteiger partial charge is 0.328 e. The topological polar surface area (TPSA) is 26.0 Å². The molecule has 1 aromatic carbocycles. The molecule has 17 heavy (non-hydrogen) atoms. The molecule has 2 aliphatic carbocycles. The number of nitrogens with two attached hydrogens (primary N) is 1. The van der Waals surface area contributed by atoms with E-state index in [2.05, 4.69) is 0 Å². The zero-order valence-corrected chi connectivity index (χ0v) is 9.70. The molecule has 0 amide bonds. The van der Waals surface area contributed by atoms with Gasteiger partial charge in [0.25, 0.3) is 0 Å². The first kappa shape index (κ1) is 11.1. The Bertz CT molecular complexity index is 426. The molecule has 0 saturated heterocycles. The van der Waals surface area contributed by atoms with Crippen LogP contribution in [0.3, 0.4) is 0 Å². The van der Waals surface area contributed by atoms with Gasteiger partial charge in [-0.25, -0.2) is 8.78 Å². The smallest absolute Gasteiger partial charge is 0.159 e. The third-order valence-electron chi connectivity index (χ3n) is 4.20. The Kier molecular flexibility index (Phi) is 2.66. The lowest BCUT2D eigenvalue weighted by Gasteiger charge is -2.32. The molecule has 3 rings (SSSR count). The number of benzene rings is 1. The molecular formula is C14H17F2N. The van der Waals surface area contributed by atoms with Crippen molar-refractivity contribution in [3.63, 3.8) is 0 Å². The zero-order valence-electron chi connectivity index (χ0n) is 9.70. The minimum absolute atomic E-state index is 0.403. The van der Waals surface area contributed by atoms with Crippen LogP contribution in [-0.2, 0) is 0 Å². The van der Waals surface area contributed by atoms with Crippen LogP contribution in [0.5, 0.6) is 0 Å². The van der Waals surface area contributed by atoms with Crippen molar-refractivity contribution >= 4 is 0 Å². The van der Waals surface area contributed by atoms with Crippen molar-refractivity contribution in [2.24, 2.45) is 17.6 Å². The summed E-state index contributed by atoms with van der Waals surface area (Å²) in [6.07, 6.45) is 4.61.